The van der Waals surface area contributed by atoms with Crippen LogP contribution in [0.3, 0.4) is 0 Å². The zero-order valence-corrected chi connectivity index (χ0v) is 11.9. The summed E-state index contributed by atoms with van der Waals surface area (Å²) in [7, 11) is 1.77. The monoisotopic (exact) mass is 321 g/mol. The van der Waals surface area contributed by atoms with Gasteiger partial charge in [0.05, 0.1) is 0 Å². The van der Waals surface area contributed by atoms with E-state index in [9.17, 15) is 4.79 Å². The molecule has 1 aliphatic rings. The maximum Gasteiger partial charge on any atom is 0.249 e. The minimum absolute atomic E-state index is 0.0933. The minimum atomic E-state index is -0.0933. The summed E-state index contributed by atoms with van der Waals surface area (Å²) >= 11 is 3.38. The van der Waals surface area contributed by atoms with Crippen molar-refractivity contribution in [3.63, 3.8) is 0 Å². The predicted octanol–water partition coefficient (Wildman–Crippen LogP) is 2.79. The number of halogens is 1. The molecular formula is C13H12BrN3O2. The van der Waals surface area contributed by atoms with Crippen LogP contribution in [0.4, 0.5) is 0 Å². The summed E-state index contributed by atoms with van der Waals surface area (Å²) in [6, 6.07) is 7.60. The van der Waals surface area contributed by atoms with E-state index in [4.69, 9.17) is 4.52 Å². The lowest BCUT2D eigenvalue weighted by Gasteiger charge is -2.14. The summed E-state index contributed by atoms with van der Waals surface area (Å²) in [6.07, 6.45) is 1.27. The summed E-state index contributed by atoms with van der Waals surface area (Å²) in [6.45, 7) is 0. The Morgan fingerprint density at radius 3 is 2.74 bits per heavy atom. The Hall–Kier alpha value is -1.69. The van der Waals surface area contributed by atoms with E-state index in [1.165, 1.54) is 0 Å². The van der Waals surface area contributed by atoms with Crippen molar-refractivity contribution in [2.75, 3.05) is 7.05 Å². The van der Waals surface area contributed by atoms with E-state index < -0.39 is 0 Å². The Morgan fingerprint density at radius 1 is 1.37 bits per heavy atom. The van der Waals surface area contributed by atoms with E-state index in [1.807, 2.05) is 24.3 Å². The molecular weight excluding hydrogens is 310 g/mol. The van der Waals surface area contributed by atoms with Crippen molar-refractivity contribution in [2.45, 2.75) is 18.9 Å². The number of carbonyl (C=O) groups is 1. The second-order valence-electron chi connectivity index (χ2n) is 4.52. The molecule has 19 heavy (non-hydrogen) atoms. The second-order valence-corrected chi connectivity index (χ2v) is 5.44. The van der Waals surface area contributed by atoms with E-state index in [-0.39, 0.29) is 11.9 Å². The Kier molecular flexibility index (Phi) is 3.10. The van der Waals surface area contributed by atoms with E-state index >= 15 is 0 Å². The molecule has 1 atom stereocenters. The van der Waals surface area contributed by atoms with Crippen molar-refractivity contribution in [3.05, 3.63) is 34.6 Å². The number of carbonyl (C=O) groups excluding carboxylic acids is 1. The van der Waals surface area contributed by atoms with Gasteiger partial charge in [-0.15, -0.1) is 0 Å². The average Bonchev–Trinajstić information content (AvgIpc) is 2.99. The highest BCUT2D eigenvalue weighted by atomic mass is 79.9. The maximum atomic E-state index is 11.5. The quantitative estimate of drug-likeness (QED) is 0.853. The standard InChI is InChI=1S/C13H12BrN3O2/c1-17-10(6-7-11(17)18)13-15-12(16-19-13)8-2-4-9(14)5-3-8/h2-5,10H,6-7H2,1H3. The molecule has 1 unspecified atom stereocenters. The first-order valence-corrected chi connectivity index (χ1v) is 6.79. The number of hydrogen-bond donors (Lipinski definition) is 0. The topological polar surface area (TPSA) is 59.2 Å². The molecule has 1 saturated heterocycles. The van der Waals surface area contributed by atoms with E-state index in [0.717, 1.165) is 16.5 Å². The van der Waals surface area contributed by atoms with E-state index in [1.54, 1.807) is 11.9 Å². The Balaban J connectivity index is 1.87. The fourth-order valence-electron chi connectivity index (χ4n) is 2.18. The highest BCUT2D eigenvalue weighted by Crippen LogP contribution is 2.31. The molecule has 1 fully saturated rings. The van der Waals surface area contributed by atoms with Crippen molar-refractivity contribution < 1.29 is 9.32 Å². The summed E-state index contributed by atoms with van der Waals surface area (Å²) in [5, 5.41) is 3.98. The first kappa shape index (κ1) is 12.3. The largest absolute Gasteiger partial charge is 0.337 e. The van der Waals surface area contributed by atoms with Crippen molar-refractivity contribution in [1.82, 2.24) is 15.0 Å². The van der Waals surface area contributed by atoms with Gasteiger partial charge in [-0.3, -0.25) is 4.79 Å². The van der Waals surface area contributed by atoms with Crippen LogP contribution in [0, 0.1) is 0 Å². The highest BCUT2D eigenvalue weighted by molar-refractivity contribution is 9.10. The normalized spacial score (nSPS) is 19.2. The fourth-order valence-corrected chi connectivity index (χ4v) is 2.44. The van der Waals surface area contributed by atoms with E-state index in [0.29, 0.717) is 18.1 Å². The Labute approximate surface area is 118 Å². The first-order valence-electron chi connectivity index (χ1n) is 6.00. The molecule has 3 rings (SSSR count). The van der Waals surface area contributed by atoms with Gasteiger partial charge >= 0.3 is 0 Å². The lowest BCUT2D eigenvalue weighted by Crippen LogP contribution is -2.22. The van der Waals surface area contributed by atoms with E-state index in [2.05, 4.69) is 26.1 Å². The lowest BCUT2D eigenvalue weighted by molar-refractivity contribution is -0.127. The third-order valence-corrected chi connectivity index (χ3v) is 3.85. The van der Waals surface area contributed by atoms with Gasteiger partial charge < -0.3 is 9.42 Å². The van der Waals surface area contributed by atoms with Crippen LogP contribution in [0.5, 0.6) is 0 Å². The predicted molar refractivity (Wildman–Crippen MR) is 72.2 cm³/mol. The van der Waals surface area contributed by atoms with Crippen LogP contribution in [0.25, 0.3) is 11.4 Å². The van der Waals surface area contributed by atoms with Crippen LogP contribution in [-0.2, 0) is 4.79 Å². The fraction of sp³-hybridized carbons (Fsp3) is 0.308. The van der Waals surface area contributed by atoms with Crippen LogP contribution in [0.15, 0.2) is 33.3 Å². The molecule has 2 heterocycles. The zero-order chi connectivity index (χ0) is 13.4. The van der Waals surface area contributed by atoms with Crippen LogP contribution < -0.4 is 0 Å². The summed E-state index contributed by atoms with van der Waals surface area (Å²) < 4.78 is 6.29. The maximum absolute atomic E-state index is 11.5. The van der Waals surface area contributed by atoms with Crippen molar-refractivity contribution in [3.8, 4) is 11.4 Å². The van der Waals surface area contributed by atoms with Gasteiger partial charge in [-0.1, -0.05) is 21.1 Å². The molecule has 1 aromatic carbocycles. The van der Waals surface area contributed by atoms with Crippen molar-refractivity contribution in [2.24, 2.45) is 0 Å². The first-order chi connectivity index (χ1) is 9.15. The van der Waals surface area contributed by atoms with Gasteiger partial charge in [0, 0.05) is 23.5 Å². The SMILES string of the molecule is CN1C(=O)CCC1c1nc(-c2ccc(Br)cc2)no1. The number of amides is 1. The molecule has 2 aromatic rings. The number of hydrogen-bond acceptors (Lipinski definition) is 4. The smallest absolute Gasteiger partial charge is 0.249 e. The number of aromatic nitrogens is 2. The zero-order valence-electron chi connectivity index (χ0n) is 10.3. The number of nitrogens with zero attached hydrogens (tertiary/aromatic N) is 3. The van der Waals surface area contributed by atoms with Gasteiger partial charge in [0.15, 0.2) is 0 Å². The molecule has 5 nitrogen and oxygen atoms in total. The highest BCUT2D eigenvalue weighted by Gasteiger charge is 2.33. The van der Waals surface area contributed by atoms with Crippen LogP contribution >= 0.6 is 15.9 Å². The molecule has 6 heteroatoms. The Bertz CT molecular complexity index is 609. The van der Waals surface area contributed by atoms with Gasteiger partial charge in [0.2, 0.25) is 17.6 Å². The van der Waals surface area contributed by atoms with Gasteiger partial charge in [-0.2, -0.15) is 4.98 Å². The molecule has 0 spiro atoms. The molecule has 0 N–H and O–H groups in total. The van der Waals surface area contributed by atoms with Gasteiger partial charge in [-0.05, 0) is 30.7 Å². The molecule has 1 amide bonds. The summed E-state index contributed by atoms with van der Waals surface area (Å²) in [5.74, 6) is 1.18. The Morgan fingerprint density at radius 2 is 2.11 bits per heavy atom. The number of benzene rings is 1. The van der Waals surface area contributed by atoms with Crippen LogP contribution in [-0.4, -0.2) is 28.0 Å². The summed E-state index contributed by atoms with van der Waals surface area (Å²) in [5.41, 5.74) is 0.894. The molecule has 1 aliphatic heterocycles. The number of rotatable bonds is 2. The second kappa shape index (κ2) is 4.77. The molecule has 0 bridgehead atoms. The summed E-state index contributed by atoms with van der Waals surface area (Å²) in [4.78, 5) is 17.6. The molecule has 0 aliphatic carbocycles. The van der Waals surface area contributed by atoms with Crippen molar-refractivity contribution in [1.29, 1.82) is 0 Å². The van der Waals surface area contributed by atoms with Crippen LogP contribution in [0.2, 0.25) is 0 Å². The van der Waals surface area contributed by atoms with Gasteiger partial charge in [0.25, 0.3) is 0 Å². The van der Waals surface area contributed by atoms with Crippen molar-refractivity contribution >= 4 is 21.8 Å². The lowest BCUT2D eigenvalue weighted by atomic mass is 10.2. The van der Waals surface area contributed by atoms with Gasteiger partial charge in [0.1, 0.15) is 6.04 Å². The molecule has 0 saturated carbocycles. The number of likely N-dealkylation sites (tertiary alicyclic amines) is 1. The molecule has 1 aromatic heterocycles. The third-order valence-electron chi connectivity index (χ3n) is 3.32. The van der Waals surface area contributed by atoms with Crippen LogP contribution in [0.1, 0.15) is 24.8 Å². The molecule has 98 valence electrons. The molecule has 0 radical (unpaired) electrons. The minimum Gasteiger partial charge on any atom is -0.337 e. The van der Waals surface area contributed by atoms with Gasteiger partial charge in [-0.25, -0.2) is 0 Å². The average molecular weight is 322 g/mol. The third kappa shape index (κ3) is 2.28.